The van der Waals surface area contributed by atoms with E-state index >= 15 is 0 Å². The van der Waals surface area contributed by atoms with Gasteiger partial charge in [0.1, 0.15) is 6.10 Å². The van der Waals surface area contributed by atoms with Gasteiger partial charge in [-0.2, -0.15) is 11.8 Å². The summed E-state index contributed by atoms with van der Waals surface area (Å²) < 4.78 is 0. The van der Waals surface area contributed by atoms with Crippen molar-refractivity contribution in [2.75, 3.05) is 5.75 Å². The van der Waals surface area contributed by atoms with Crippen LogP contribution in [0.4, 0.5) is 0 Å². The van der Waals surface area contributed by atoms with Crippen LogP contribution in [0, 0.1) is 18.8 Å². The summed E-state index contributed by atoms with van der Waals surface area (Å²) in [4.78, 5) is 51.7. The first kappa shape index (κ1) is 32.6. The van der Waals surface area contributed by atoms with E-state index in [2.05, 4.69) is 20.9 Å². The van der Waals surface area contributed by atoms with Crippen molar-refractivity contribution in [1.82, 2.24) is 20.9 Å². The van der Waals surface area contributed by atoms with Crippen molar-refractivity contribution in [3.05, 3.63) is 56.2 Å². The number of aromatic amines is 1. The molecule has 4 aliphatic rings. The fraction of sp³-hybridized carbons (Fsp3) is 0.515. The lowest BCUT2D eigenvalue weighted by atomic mass is 9.91. The average molecular weight is 639 g/mol. The molecule has 1 aromatic heterocycles. The van der Waals surface area contributed by atoms with Crippen molar-refractivity contribution in [3.63, 3.8) is 0 Å². The summed E-state index contributed by atoms with van der Waals surface area (Å²) in [5.41, 5.74) is 7.59. The van der Waals surface area contributed by atoms with Gasteiger partial charge in [0.15, 0.2) is 0 Å². The molecule has 2 fully saturated rings. The summed E-state index contributed by atoms with van der Waals surface area (Å²) >= 11 is 1.83. The molecule has 12 heteroatoms. The van der Waals surface area contributed by atoms with Crippen molar-refractivity contribution < 1.29 is 34.5 Å². The van der Waals surface area contributed by atoms with Crippen LogP contribution in [0.25, 0.3) is 12.2 Å². The molecule has 4 aliphatic heterocycles. The zero-order valence-corrected chi connectivity index (χ0v) is 27.1. The van der Waals surface area contributed by atoms with E-state index in [-0.39, 0.29) is 49.3 Å². The number of nitrogens with one attached hydrogen (secondary N) is 4. The molecule has 0 aliphatic carbocycles. The number of aliphatic carboxylic acids is 2. The molecule has 1 unspecified atom stereocenters. The van der Waals surface area contributed by atoms with E-state index in [9.17, 15) is 34.5 Å². The van der Waals surface area contributed by atoms with Gasteiger partial charge in [-0.15, -0.1) is 0 Å². The van der Waals surface area contributed by atoms with E-state index in [1.54, 1.807) is 0 Å². The molecule has 242 valence electrons. The van der Waals surface area contributed by atoms with E-state index in [0.29, 0.717) is 28.6 Å². The van der Waals surface area contributed by atoms with Gasteiger partial charge in [-0.3, -0.25) is 19.2 Å². The van der Waals surface area contributed by atoms with Gasteiger partial charge < -0.3 is 36.3 Å². The molecule has 5 rings (SSSR count). The SMILES string of the molecule is CCC1=C(C)[C@@H]([C@H](O)C2N/C(=C\c3[nH]c(/C=C4\NC(=O)[C@H](C)[C@H]4[C@H]4CS4)c(C)c3CCC(=O)O)C(CCC(=O)O)=C2C)NC1=O. The van der Waals surface area contributed by atoms with Gasteiger partial charge in [0.25, 0.3) is 0 Å². The minimum absolute atomic E-state index is 0.00515. The number of carboxylic acid groups (broad SMARTS) is 2. The Kier molecular flexibility index (Phi) is 9.36. The first-order valence-corrected chi connectivity index (χ1v) is 16.5. The molecular weight excluding hydrogens is 596 g/mol. The van der Waals surface area contributed by atoms with E-state index < -0.39 is 30.1 Å². The van der Waals surface area contributed by atoms with E-state index in [4.69, 9.17) is 0 Å². The largest absolute Gasteiger partial charge is 0.481 e. The molecule has 6 atom stereocenters. The highest BCUT2D eigenvalue weighted by atomic mass is 32.2. The third-order valence-electron chi connectivity index (χ3n) is 9.67. The zero-order chi connectivity index (χ0) is 32.7. The molecule has 5 heterocycles. The second-order valence-corrected chi connectivity index (χ2v) is 13.7. The second-order valence-electron chi connectivity index (χ2n) is 12.4. The van der Waals surface area contributed by atoms with Gasteiger partial charge in [-0.25, -0.2) is 0 Å². The van der Waals surface area contributed by atoms with Gasteiger partial charge in [-0.1, -0.05) is 13.8 Å². The van der Waals surface area contributed by atoms with Crippen LogP contribution < -0.4 is 16.0 Å². The van der Waals surface area contributed by atoms with E-state index in [1.807, 2.05) is 58.5 Å². The maximum absolute atomic E-state index is 12.6. The Balaban J connectivity index is 1.53. The minimum Gasteiger partial charge on any atom is -0.481 e. The average Bonchev–Trinajstić information content (AvgIpc) is 3.53. The van der Waals surface area contributed by atoms with Crippen LogP contribution >= 0.6 is 11.8 Å². The van der Waals surface area contributed by atoms with Crippen LogP contribution in [0.5, 0.6) is 0 Å². The number of carbonyl (C=O) groups excluding carboxylic acids is 2. The van der Waals surface area contributed by atoms with E-state index in [0.717, 1.165) is 45.0 Å². The van der Waals surface area contributed by atoms with Crippen molar-refractivity contribution in [2.45, 2.75) is 90.2 Å². The highest BCUT2D eigenvalue weighted by molar-refractivity contribution is 8.06. The number of thioether (sulfide) groups is 1. The number of hydrogen-bond donors (Lipinski definition) is 7. The third-order valence-corrected chi connectivity index (χ3v) is 10.7. The first-order chi connectivity index (χ1) is 21.3. The van der Waals surface area contributed by atoms with Crippen molar-refractivity contribution in [3.8, 4) is 0 Å². The van der Waals surface area contributed by atoms with Gasteiger partial charge >= 0.3 is 11.9 Å². The molecule has 0 aromatic carbocycles. The zero-order valence-electron chi connectivity index (χ0n) is 26.2. The fourth-order valence-corrected chi connectivity index (χ4v) is 7.87. The van der Waals surface area contributed by atoms with Crippen LogP contribution in [0.3, 0.4) is 0 Å². The van der Waals surface area contributed by atoms with Gasteiger partial charge in [0, 0.05) is 64.0 Å². The molecule has 11 nitrogen and oxygen atoms in total. The predicted octanol–water partition coefficient (Wildman–Crippen LogP) is 3.26. The molecule has 2 amide bonds. The Morgan fingerprint density at radius 2 is 1.58 bits per heavy atom. The van der Waals surface area contributed by atoms with E-state index in [1.165, 1.54) is 0 Å². The number of carboxylic acids is 2. The Labute approximate surface area is 266 Å². The number of carbonyl (C=O) groups is 4. The maximum Gasteiger partial charge on any atom is 0.303 e. The minimum atomic E-state index is -1.01. The highest BCUT2D eigenvalue weighted by Gasteiger charge is 2.45. The maximum atomic E-state index is 12.6. The number of allylic oxidation sites excluding steroid dienone is 2. The number of rotatable bonds is 12. The number of H-pyrrole nitrogens is 1. The molecule has 1 aromatic rings. The molecule has 7 N–H and O–H groups in total. The molecule has 45 heavy (non-hydrogen) atoms. The Morgan fingerprint density at radius 3 is 2.18 bits per heavy atom. The Bertz CT molecular complexity index is 1560. The lowest BCUT2D eigenvalue weighted by Crippen LogP contribution is -2.49. The van der Waals surface area contributed by atoms with Crippen LogP contribution in [-0.2, 0) is 25.6 Å². The van der Waals surface area contributed by atoms with Crippen LogP contribution in [0.1, 0.15) is 75.9 Å². The second kappa shape index (κ2) is 12.9. The number of hydrogen-bond acceptors (Lipinski definition) is 7. The topological polar surface area (TPSA) is 181 Å². The summed E-state index contributed by atoms with van der Waals surface area (Å²) in [6, 6.07) is -1.16. The number of amides is 2. The first-order valence-electron chi connectivity index (χ1n) is 15.5. The van der Waals surface area contributed by atoms with Crippen molar-refractivity contribution in [2.24, 2.45) is 11.8 Å². The number of aliphatic hydroxyl groups is 1. The smallest absolute Gasteiger partial charge is 0.303 e. The third kappa shape index (κ3) is 6.48. The van der Waals surface area contributed by atoms with Crippen LogP contribution in [-0.4, -0.2) is 73.2 Å². The van der Waals surface area contributed by atoms with Crippen LogP contribution in [0.15, 0.2) is 33.7 Å². The Hall–Kier alpha value is -3.77. The predicted molar refractivity (Wildman–Crippen MR) is 172 cm³/mol. The Morgan fingerprint density at radius 1 is 0.956 bits per heavy atom. The van der Waals surface area contributed by atoms with Gasteiger partial charge in [-0.05, 0) is 80.0 Å². The van der Waals surface area contributed by atoms with Gasteiger partial charge in [0.05, 0.1) is 12.1 Å². The summed E-state index contributed by atoms with van der Waals surface area (Å²) in [6.45, 7) is 9.46. The number of aromatic nitrogens is 1. The summed E-state index contributed by atoms with van der Waals surface area (Å²) in [5, 5.41) is 40.2. The lowest BCUT2D eigenvalue weighted by molar-refractivity contribution is -0.138. The lowest BCUT2D eigenvalue weighted by Gasteiger charge is -2.27. The molecular formula is C33H42N4O7S. The number of aliphatic hydroxyl groups excluding tert-OH is 1. The molecule has 0 radical (unpaired) electrons. The molecule has 0 saturated carbocycles. The van der Waals surface area contributed by atoms with Crippen molar-refractivity contribution in [1.29, 1.82) is 0 Å². The normalized spacial score (nSPS) is 28.6. The summed E-state index contributed by atoms with van der Waals surface area (Å²) in [5.74, 6) is -1.11. The standard InChI is InChI=1S/C33H42N4O7S/c1-6-18-15(3)30(37-33(18)44)31(42)29-16(4)20(8-10-27(40)41)23(35-29)12-22-19(7-9-26(38)39)14(2)21(34-22)11-24-28(25-13-45-25)17(5)32(43)36-24/h11-12,17,25,28-31,34-35,42H,6-10,13H2,1-5H3,(H,36,43)(H,37,44)(H,38,39)(H,40,41)/b23-12-,24-11-/t17-,25-,28-,29?,30+,31-/m1/s1. The molecule has 0 spiro atoms. The molecule has 0 bridgehead atoms. The van der Waals surface area contributed by atoms with Crippen LogP contribution in [0.2, 0.25) is 0 Å². The molecule has 2 saturated heterocycles. The summed E-state index contributed by atoms with van der Waals surface area (Å²) in [7, 11) is 0. The monoisotopic (exact) mass is 638 g/mol. The fourth-order valence-electron chi connectivity index (χ4n) is 6.96. The quantitative estimate of drug-likeness (QED) is 0.169. The van der Waals surface area contributed by atoms with Crippen molar-refractivity contribution >= 4 is 47.7 Å². The summed E-state index contributed by atoms with van der Waals surface area (Å²) in [6.07, 6.45) is 3.65. The highest BCUT2D eigenvalue weighted by Crippen LogP contribution is 2.46. The van der Waals surface area contributed by atoms with Gasteiger partial charge in [0.2, 0.25) is 11.8 Å².